The molecule has 0 saturated carbocycles. The smallest absolute Gasteiger partial charge is 0.194 e. The van der Waals surface area contributed by atoms with E-state index in [1.165, 1.54) is 19.2 Å². The van der Waals surface area contributed by atoms with Gasteiger partial charge in [0.05, 0.1) is 7.11 Å². The van der Waals surface area contributed by atoms with Crippen LogP contribution in [0.15, 0.2) is 12.1 Å². The Hall–Kier alpha value is -1.29. The van der Waals surface area contributed by atoms with Gasteiger partial charge in [-0.15, -0.1) is 0 Å². The van der Waals surface area contributed by atoms with Crippen LogP contribution in [-0.2, 0) is 6.42 Å². The maximum Gasteiger partial charge on any atom is 0.194 e. The molecule has 0 aliphatic rings. The van der Waals surface area contributed by atoms with Gasteiger partial charge >= 0.3 is 0 Å². The van der Waals surface area contributed by atoms with Gasteiger partial charge in [-0.1, -0.05) is 6.07 Å². The fourth-order valence-electron chi connectivity index (χ4n) is 1.07. The van der Waals surface area contributed by atoms with E-state index < -0.39 is 11.6 Å². The molecule has 13 heavy (non-hydrogen) atoms. The van der Waals surface area contributed by atoms with Crippen LogP contribution < -0.4 is 4.74 Å². The summed E-state index contributed by atoms with van der Waals surface area (Å²) in [5.74, 6) is -1.14. The average Bonchev–Trinajstić information content (AvgIpc) is 2.14. The summed E-state index contributed by atoms with van der Waals surface area (Å²) < 4.78 is 17.9. The van der Waals surface area contributed by atoms with Crippen molar-refractivity contribution in [3.05, 3.63) is 23.5 Å². The number of phenols is 1. The first-order valence-corrected chi connectivity index (χ1v) is 3.86. The van der Waals surface area contributed by atoms with Crippen molar-refractivity contribution in [3.8, 4) is 11.5 Å². The fraction of sp³-hybridized carbons (Fsp3) is 0.333. The van der Waals surface area contributed by atoms with Crippen LogP contribution in [0.4, 0.5) is 4.39 Å². The van der Waals surface area contributed by atoms with Gasteiger partial charge in [0.1, 0.15) is 0 Å². The molecule has 0 amide bonds. The Morgan fingerprint density at radius 3 is 2.69 bits per heavy atom. The maximum atomic E-state index is 13.2. The lowest BCUT2D eigenvalue weighted by molar-refractivity contribution is 0.296. The summed E-state index contributed by atoms with van der Waals surface area (Å²) in [5.41, 5.74) is 0.279. The number of aromatic hydroxyl groups is 1. The molecule has 3 nitrogen and oxygen atoms in total. The number of hydrogen-bond acceptors (Lipinski definition) is 3. The van der Waals surface area contributed by atoms with Crippen molar-refractivity contribution < 1.29 is 19.3 Å². The first kappa shape index (κ1) is 9.80. The molecule has 1 aromatic carbocycles. The second kappa shape index (κ2) is 4.09. The van der Waals surface area contributed by atoms with Gasteiger partial charge in [-0.25, -0.2) is 4.39 Å². The van der Waals surface area contributed by atoms with Crippen LogP contribution in [0, 0.1) is 5.82 Å². The monoisotopic (exact) mass is 186 g/mol. The topological polar surface area (TPSA) is 49.7 Å². The van der Waals surface area contributed by atoms with Crippen molar-refractivity contribution in [1.82, 2.24) is 0 Å². The number of hydrogen-bond donors (Lipinski definition) is 2. The Morgan fingerprint density at radius 1 is 1.46 bits per heavy atom. The molecule has 0 fully saturated rings. The third-order valence-corrected chi connectivity index (χ3v) is 1.76. The van der Waals surface area contributed by atoms with Gasteiger partial charge < -0.3 is 14.9 Å². The highest BCUT2D eigenvalue weighted by Crippen LogP contribution is 2.30. The molecule has 0 aromatic heterocycles. The van der Waals surface area contributed by atoms with Crippen molar-refractivity contribution in [2.75, 3.05) is 13.7 Å². The molecule has 72 valence electrons. The summed E-state index contributed by atoms with van der Waals surface area (Å²) in [6.07, 6.45) is 0.184. The normalized spacial score (nSPS) is 10.1. The Labute approximate surface area is 75.4 Å². The molecule has 0 spiro atoms. The molecule has 0 aliphatic heterocycles. The van der Waals surface area contributed by atoms with E-state index in [-0.39, 0.29) is 24.3 Å². The lowest BCUT2D eigenvalue weighted by atomic mass is 10.1. The van der Waals surface area contributed by atoms with Gasteiger partial charge in [0.15, 0.2) is 17.3 Å². The first-order chi connectivity index (χ1) is 6.20. The molecule has 0 heterocycles. The minimum absolute atomic E-state index is 0.0965. The zero-order valence-electron chi connectivity index (χ0n) is 7.25. The summed E-state index contributed by atoms with van der Waals surface area (Å²) in [7, 11) is 1.35. The van der Waals surface area contributed by atoms with Crippen LogP contribution in [0.5, 0.6) is 11.5 Å². The fourth-order valence-corrected chi connectivity index (χ4v) is 1.07. The third kappa shape index (κ3) is 1.89. The average molecular weight is 186 g/mol. The summed E-state index contributed by atoms with van der Waals surface area (Å²) in [4.78, 5) is 0. The Morgan fingerprint density at radius 2 is 2.15 bits per heavy atom. The number of halogens is 1. The van der Waals surface area contributed by atoms with E-state index in [9.17, 15) is 9.50 Å². The second-order valence-corrected chi connectivity index (χ2v) is 2.56. The van der Waals surface area contributed by atoms with Gasteiger partial charge in [-0.2, -0.15) is 0 Å². The third-order valence-electron chi connectivity index (χ3n) is 1.76. The number of aliphatic hydroxyl groups is 1. The maximum absolute atomic E-state index is 13.2. The molecule has 0 unspecified atom stereocenters. The molecule has 4 heteroatoms. The molecule has 1 aromatic rings. The lowest BCUT2D eigenvalue weighted by Gasteiger charge is -2.07. The molecule has 1 rings (SSSR count). The summed E-state index contributed by atoms with van der Waals surface area (Å²) in [6.45, 7) is -0.150. The number of benzene rings is 1. The number of methoxy groups -OCH3 is 1. The van der Waals surface area contributed by atoms with E-state index in [0.717, 1.165) is 0 Å². The summed E-state index contributed by atoms with van der Waals surface area (Å²) >= 11 is 0. The number of rotatable bonds is 3. The Balaban J connectivity index is 3.07. The quantitative estimate of drug-likeness (QED) is 0.742. The zero-order chi connectivity index (χ0) is 9.84. The van der Waals surface area contributed by atoms with Gasteiger partial charge in [0, 0.05) is 6.61 Å². The minimum Gasteiger partial charge on any atom is -0.502 e. The summed E-state index contributed by atoms with van der Waals surface area (Å²) in [6, 6.07) is 2.94. The van der Waals surface area contributed by atoms with Crippen LogP contribution in [-0.4, -0.2) is 23.9 Å². The van der Waals surface area contributed by atoms with E-state index >= 15 is 0 Å². The predicted octanol–water partition coefficient (Wildman–Crippen LogP) is 1.07. The molecular formula is C9H11FO3. The first-order valence-electron chi connectivity index (χ1n) is 3.86. The van der Waals surface area contributed by atoms with Gasteiger partial charge in [-0.3, -0.25) is 0 Å². The van der Waals surface area contributed by atoms with Gasteiger partial charge in [0.2, 0.25) is 0 Å². The summed E-state index contributed by atoms with van der Waals surface area (Å²) in [5, 5.41) is 17.8. The van der Waals surface area contributed by atoms with E-state index in [0.29, 0.717) is 0 Å². The largest absolute Gasteiger partial charge is 0.502 e. The molecule has 0 radical (unpaired) electrons. The zero-order valence-corrected chi connectivity index (χ0v) is 7.25. The lowest BCUT2D eigenvalue weighted by Crippen LogP contribution is -1.96. The van der Waals surface area contributed by atoms with E-state index in [1.54, 1.807) is 0 Å². The van der Waals surface area contributed by atoms with E-state index in [1.807, 2.05) is 0 Å². The molecule has 2 N–H and O–H groups in total. The van der Waals surface area contributed by atoms with E-state index in [2.05, 4.69) is 0 Å². The molecule has 0 atom stereocenters. The molecular weight excluding hydrogens is 175 g/mol. The van der Waals surface area contributed by atoms with Crippen molar-refractivity contribution in [1.29, 1.82) is 0 Å². The van der Waals surface area contributed by atoms with Gasteiger partial charge in [0.25, 0.3) is 0 Å². The van der Waals surface area contributed by atoms with Crippen LogP contribution >= 0.6 is 0 Å². The highest BCUT2D eigenvalue weighted by atomic mass is 19.1. The van der Waals surface area contributed by atoms with E-state index in [4.69, 9.17) is 9.84 Å². The standard InChI is InChI=1S/C9H11FO3/c1-13-7-3-2-6(4-5-11)8(10)9(7)12/h2-3,11-12H,4-5H2,1H3. The van der Waals surface area contributed by atoms with Crippen molar-refractivity contribution in [2.24, 2.45) is 0 Å². The predicted molar refractivity (Wildman–Crippen MR) is 45.4 cm³/mol. The van der Waals surface area contributed by atoms with Crippen molar-refractivity contribution >= 4 is 0 Å². The van der Waals surface area contributed by atoms with Crippen LogP contribution in [0.1, 0.15) is 5.56 Å². The second-order valence-electron chi connectivity index (χ2n) is 2.56. The van der Waals surface area contributed by atoms with Crippen LogP contribution in [0.3, 0.4) is 0 Å². The highest BCUT2D eigenvalue weighted by molar-refractivity contribution is 5.43. The molecule has 0 saturated heterocycles. The molecule has 0 bridgehead atoms. The van der Waals surface area contributed by atoms with Crippen molar-refractivity contribution in [2.45, 2.75) is 6.42 Å². The van der Waals surface area contributed by atoms with Gasteiger partial charge in [-0.05, 0) is 18.1 Å². The SMILES string of the molecule is COc1ccc(CCO)c(F)c1O. The number of aliphatic hydroxyl groups excluding tert-OH is 1. The Kier molecular flexibility index (Phi) is 3.08. The minimum atomic E-state index is -0.728. The number of ether oxygens (including phenoxy) is 1. The Bertz CT molecular complexity index is 299. The highest BCUT2D eigenvalue weighted by Gasteiger charge is 2.11. The van der Waals surface area contributed by atoms with Crippen LogP contribution in [0.2, 0.25) is 0 Å². The van der Waals surface area contributed by atoms with Crippen molar-refractivity contribution in [3.63, 3.8) is 0 Å². The number of phenolic OH excluding ortho intramolecular Hbond substituents is 1. The molecule has 0 aliphatic carbocycles. The van der Waals surface area contributed by atoms with Crippen LogP contribution in [0.25, 0.3) is 0 Å².